The van der Waals surface area contributed by atoms with Gasteiger partial charge in [-0.15, -0.1) is 0 Å². The Morgan fingerprint density at radius 3 is 2.15 bits per heavy atom. The second-order valence-electron chi connectivity index (χ2n) is 6.66. The molecule has 5 heteroatoms. The van der Waals surface area contributed by atoms with Gasteiger partial charge < -0.3 is 19.5 Å². The molecule has 2 rings (SSSR count). The van der Waals surface area contributed by atoms with Crippen molar-refractivity contribution in [1.82, 2.24) is 5.32 Å². The molecule has 1 atom stereocenters. The molecule has 5 nitrogen and oxygen atoms in total. The van der Waals surface area contributed by atoms with Crippen molar-refractivity contribution in [3.8, 4) is 17.2 Å². The zero-order valence-corrected chi connectivity index (χ0v) is 16.7. The fourth-order valence-corrected chi connectivity index (χ4v) is 2.82. The van der Waals surface area contributed by atoms with Crippen molar-refractivity contribution in [3.63, 3.8) is 0 Å². The number of rotatable bonds is 9. The van der Waals surface area contributed by atoms with Gasteiger partial charge in [0.05, 0.1) is 20.3 Å². The second kappa shape index (κ2) is 9.86. The topological polar surface area (TPSA) is 56.8 Å². The third-order valence-electron chi connectivity index (χ3n) is 4.47. The van der Waals surface area contributed by atoms with Crippen LogP contribution in [0.2, 0.25) is 0 Å². The van der Waals surface area contributed by atoms with Crippen LogP contribution in [0.3, 0.4) is 0 Å². The lowest BCUT2D eigenvalue weighted by atomic mass is 10.0. The predicted molar refractivity (Wildman–Crippen MR) is 107 cm³/mol. The quantitative estimate of drug-likeness (QED) is 0.706. The Kier molecular flexibility index (Phi) is 7.53. The predicted octanol–water partition coefficient (Wildman–Crippen LogP) is 4.47. The fourth-order valence-electron chi connectivity index (χ4n) is 2.82. The highest BCUT2D eigenvalue weighted by molar-refractivity contribution is 5.78. The van der Waals surface area contributed by atoms with Crippen molar-refractivity contribution >= 4 is 5.91 Å². The van der Waals surface area contributed by atoms with E-state index in [9.17, 15) is 4.79 Å². The van der Waals surface area contributed by atoms with Gasteiger partial charge in [-0.3, -0.25) is 4.79 Å². The van der Waals surface area contributed by atoms with Crippen LogP contribution in [0.25, 0.3) is 0 Å². The molecule has 0 radical (unpaired) electrons. The van der Waals surface area contributed by atoms with Crippen molar-refractivity contribution in [2.75, 3.05) is 20.8 Å². The lowest BCUT2D eigenvalue weighted by molar-refractivity contribution is -0.123. The maximum absolute atomic E-state index is 12.3. The van der Waals surface area contributed by atoms with Crippen LogP contribution in [0, 0.1) is 0 Å². The normalized spacial score (nSPS) is 11.8. The van der Waals surface area contributed by atoms with Crippen molar-refractivity contribution in [2.45, 2.75) is 39.2 Å². The largest absolute Gasteiger partial charge is 0.493 e. The van der Waals surface area contributed by atoms with Crippen molar-refractivity contribution in [2.24, 2.45) is 0 Å². The first kappa shape index (κ1) is 20.6. The monoisotopic (exact) mass is 371 g/mol. The van der Waals surface area contributed by atoms with E-state index in [0.29, 0.717) is 23.2 Å². The van der Waals surface area contributed by atoms with Crippen LogP contribution in [0.5, 0.6) is 17.2 Å². The van der Waals surface area contributed by atoms with Crippen molar-refractivity contribution < 1.29 is 19.0 Å². The van der Waals surface area contributed by atoms with Crippen molar-refractivity contribution in [1.29, 1.82) is 0 Å². The van der Waals surface area contributed by atoms with Gasteiger partial charge in [0, 0.05) is 0 Å². The molecule has 0 aromatic heterocycles. The maximum atomic E-state index is 12.3. The second-order valence-corrected chi connectivity index (χ2v) is 6.66. The van der Waals surface area contributed by atoms with Gasteiger partial charge in [0.2, 0.25) is 0 Å². The molecule has 0 aliphatic carbocycles. The molecule has 0 heterocycles. The van der Waals surface area contributed by atoms with Crippen LogP contribution in [0.1, 0.15) is 50.3 Å². The van der Waals surface area contributed by atoms with E-state index in [4.69, 9.17) is 14.2 Å². The van der Waals surface area contributed by atoms with E-state index in [-0.39, 0.29) is 18.6 Å². The summed E-state index contributed by atoms with van der Waals surface area (Å²) in [4.78, 5) is 12.3. The molecule has 1 amide bonds. The highest BCUT2D eigenvalue weighted by Crippen LogP contribution is 2.30. The Bertz CT molecular complexity index is 740. The van der Waals surface area contributed by atoms with Gasteiger partial charge in [0.25, 0.3) is 5.91 Å². The van der Waals surface area contributed by atoms with Crippen LogP contribution in [0.4, 0.5) is 0 Å². The first-order valence-electron chi connectivity index (χ1n) is 9.22. The molecule has 1 unspecified atom stereocenters. The lowest BCUT2D eigenvalue weighted by Crippen LogP contribution is -2.32. The lowest BCUT2D eigenvalue weighted by Gasteiger charge is -2.19. The molecule has 0 saturated heterocycles. The van der Waals surface area contributed by atoms with E-state index in [1.807, 2.05) is 49.4 Å². The summed E-state index contributed by atoms with van der Waals surface area (Å²) in [7, 11) is 3.20. The van der Waals surface area contributed by atoms with E-state index in [0.717, 1.165) is 12.0 Å². The van der Waals surface area contributed by atoms with E-state index in [1.165, 1.54) is 5.56 Å². The molecule has 0 spiro atoms. The van der Waals surface area contributed by atoms with Crippen LogP contribution in [-0.2, 0) is 4.79 Å². The molecule has 1 N–H and O–H groups in total. The SMILES string of the molecule is CCC(NC(=O)COc1ccc(C(C)C)cc1)c1ccc(OC)c(OC)c1. The first-order valence-corrected chi connectivity index (χ1v) is 9.22. The van der Waals surface area contributed by atoms with Gasteiger partial charge >= 0.3 is 0 Å². The maximum Gasteiger partial charge on any atom is 0.258 e. The van der Waals surface area contributed by atoms with E-state index < -0.39 is 0 Å². The Labute approximate surface area is 161 Å². The van der Waals surface area contributed by atoms with Gasteiger partial charge in [-0.05, 0) is 47.7 Å². The number of carbonyl (C=O) groups excluding carboxylic acids is 1. The summed E-state index contributed by atoms with van der Waals surface area (Å²) < 4.78 is 16.2. The molecule has 0 bridgehead atoms. The van der Waals surface area contributed by atoms with Gasteiger partial charge in [-0.1, -0.05) is 39.0 Å². The highest BCUT2D eigenvalue weighted by Gasteiger charge is 2.15. The summed E-state index contributed by atoms with van der Waals surface area (Å²) >= 11 is 0. The molecule has 0 aliphatic rings. The number of amides is 1. The Morgan fingerprint density at radius 2 is 1.59 bits per heavy atom. The average molecular weight is 371 g/mol. The summed E-state index contributed by atoms with van der Waals surface area (Å²) in [6, 6.07) is 13.4. The van der Waals surface area contributed by atoms with Crippen LogP contribution in [-0.4, -0.2) is 26.7 Å². The molecule has 146 valence electrons. The smallest absolute Gasteiger partial charge is 0.258 e. The fraction of sp³-hybridized carbons (Fsp3) is 0.409. The third kappa shape index (κ3) is 5.64. The molecule has 0 aliphatic heterocycles. The van der Waals surface area contributed by atoms with Gasteiger partial charge in [-0.2, -0.15) is 0 Å². The molecule has 2 aromatic rings. The van der Waals surface area contributed by atoms with Gasteiger partial charge in [0.15, 0.2) is 18.1 Å². The summed E-state index contributed by atoms with van der Waals surface area (Å²) in [5, 5.41) is 3.01. The highest BCUT2D eigenvalue weighted by atomic mass is 16.5. The number of ether oxygens (including phenoxy) is 3. The van der Waals surface area contributed by atoms with Crippen LogP contribution in [0.15, 0.2) is 42.5 Å². The molecule has 27 heavy (non-hydrogen) atoms. The minimum Gasteiger partial charge on any atom is -0.493 e. The minimum atomic E-state index is -0.162. The Morgan fingerprint density at radius 1 is 0.963 bits per heavy atom. The summed E-state index contributed by atoms with van der Waals surface area (Å²) in [6.07, 6.45) is 0.754. The molecule has 0 fully saturated rings. The number of nitrogens with one attached hydrogen (secondary N) is 1. The average Bonchev–Trinajstić information content (AvgIpc) is 2.70. The van der Waals surface area contributed by atoms with Crippen LogP contribution >= 0.6 is 0 Å². The standard InChI is InChI=1S/C22H29NO4/c1-6-19(17-9-12-20(25-4)21(13-17)26-5)23-22(24)14-27-18-10-7-16(8-11-18)15(2)3/h7-13,15,19H,6,14H2,1-5H3,(H,23,24). The molecule has 0 saturated carbocycles. The zero-order chi connectivity index (χ0) is 19.8. The zero-order valence-electron chi connectivity index (χ0n) is 16.7. The van der Waals surface area contributed by atoms with Gasteiger partial charge in [0.1, 0.15) is 5.75 Å². The molecule has 2 aromatic carbocycles. The minimum absolute atomic E-state index is 0.0230. The van der Waals surface area contributed by atoms with E-state index in [2.05, 4.69) is 19.2 Å². The summed E-state index contributed by atoms with van der Waals surface area (Å²) in [5.74, 6) is 2.30. The van der Waals surface area contributed by atoms with Crippen molar-refractivity contribution in [3.05, 3.63) is 53.6 Å². The summed E-state index contributed by atoms with van der Waals surface area (Å²) in [6.45, 7) is 6.28. The van der Waals surface area contributed by atoms with Gasteiger partial charge in [-0.25, -0.2) is 0 Å². The molecular formula is C22H29NO4. The number of hydrogen-bond donors (Lipinski definition) is 1. The number of carbonyl (C=O) groups is 1. The number of benzene rings is 2. The van der Waals surface area contributed by atoms with E-state index >= 15 is 0 Å². The van der Waals surface area contributed by atoms with Crippen LogP contribution < -0.4 is 19.5 Å². The number of methoxy groups -OCH3 is 2. The summed E-state index contributed by atoms with van der Waals surface area (Å²) in [5.41, 5.74) is 2.20. The van der Waals surface area contributed by atoms with E-state index in [1.54, 1.807) is 14.2 Å². The number of hydrogen-bond acceptors (Lipinski definition) is 4. The third-order valence-corrected chi connectivity index (χ3v) is 4.47. The first-order chi connectivity index (χ1) is 13.0. The molecular weight excluding hydrogens is 342 g/mol. The Balaban J connectivity index is 1.96. The Hall–Kier alpha value is -2.69.